The maximum Gasteiger partial charge on any atom is 0.254 e. The van der Waals surface area contributed by atoms with Crippen LogP contribution in [0.2, 0.25) is 0 Å². The van der Waals surface area contributed by atoms with Crippen molar-refractivity contribution in [1.82, 2.24) is 25.3 Å². The number of rotatable bonds is 5. The van der Waals surface area contributed by atoms with Crippen molar-refractivity contribution in [3.63, 3.8) is 0 Å². The van der Waals surface area contributed by atoms with Crippen LogP contribution in [0.5, 0.6) is 0 Å². The summed E-state index contributed by atoms with van der Waals surface area (Å²) in [5.41, 5.74) is 2.60. The van der Waals surface area contributed by atoms with E-state index in [2.05, 4.69) is 20.6 Å². The highest BCUT2D eigenvalue weighted by molar-refractivity contribution is 5.95. The Morgan fingerprint density at radius 1 is 1.57 bits per heavy atom. The minimum atomic E-state index is -0.102. The van der Waals surface area contributed by atoms with Crippen molar-refractivity contribution in [2.75, 3.05) is 19.8 Å². The van der Waals surface area contributed by atoms with E-state index >= 15 is 0 Å². The number of nitrogens with one attached hydrogen (secondary N) is 2. The quantitative estimate of drug-likeness (QED) is 0.854. The Morgan fingerprint density at radius 3 is 3.19 bits per heavy atom. The number of aryl methyl sites for hydroxylation is 1. The summed E-state index contributed by atoms with van der Waals surface area (Å²) >= 11 is 0. The summed E-state index contributed by atoms with van der Waals surface area (Å²) < 4.78 is 7.18. The summed E-state index contributed by atoms with van der Waals surface area (Å²) in [4.78, 5) is 12.2. The molecule has 0 aliphatic carbocycles. The van der Waals surface area contributed by atoms with E-state index in [0.717, 1.165) is 24.3 Å². The second-order valence-electron chi connectivity index (χ2n) is 5.29. The fraction of sp³-hybridized carbons (Fsp3) is 0.500. The predicted molar refractivity (Wildman–Crippen MR) is 76.1 cm³/mol. The van der Waals surface area contributed by atoms with E-state index in [4.69, 9.17) is 4.74 Å². The molecule has 0 saturated carbocycles. The van der Waals surface area contributed by atoms with Crippen LogP contribution in [-0.4, -0.2) is 45.6 Å². The van der Waals surface area contributed by atoms with E-state index in [1.54, 1.807) is 12.4 Å². The van der Waals surface area contributed by atoms with E-state index in [0.29, 0.717) is 25.3 Å². The third-order valence-electron chi connectivity index (χ3n) is 3.64. The molecule has 2 aromatic rings. The molecule has 1 atom stereocenters. The molecule has 1 aliphatic rings. The van der Waals surface area contributed by atoms with Gasteiger partial charge in [-0.25, -0.2) is 0 Å². The molecule has 0 aromatic carbocycles. The minimum Gasteiger partial charge on any atom is -0.381 e. The van der Waals surface area contributed by atoms with E-state index in [-0.39, 0.29) is 11.8 Å². The Balaban J connectivity index is 1.57. The molecule has 1 aliphatic heterocycles. The van der Waals surface area contributed by atoms with Crippen molar-refractivity contribution in [3.05, 3.63) is 35.4 Å². The molecule has 0 radical (unpaired) electrons. The zero-order valence-corrected chi connectivity index (χ0v) is 12.0. The molecule has 1 fully saturated rings. The summed E-state index contributed by atoms with van der Waals surface area (Å²) in [5.74, 6) is 0.136. The SMILES string of the molecule is Cc1cnn(CCNC(=O)c2cn[nH]c2[C@@H]2CCOC2)c1. The van der Waals surface area contributed by atoms with Gasteiger partial charge < -0.3 is 10.1 Å². The average Bonchev–Trinajstić information content (AvgIpc) is 3.19. The van der Waals surface area contributed by atoms with Gasteiger partial charge in [-0.05, 0) is 18.9 Å². The Morgan fingerprint density at radius 2 is 2.48 bits per heavy atom. The second kappa shape index (κ2) is 6.09. The molecule has 1 saturated heterocycles. The largest absolute Gasteiger partial charge is 0.381 e. The minimum absolute atomic E-state index is 0.102. The van der Waals surface area contributed by atoms with E-state index in [1.165, 1.54) is 0 Å². The van der Waals surface area contributed by atoms with Crippen molar-refractivity contribution in [3.8, 4) is 0 Å². The topological polar surface area (TPSA) is 84.8 Å². The number of nitrogens with zero attached hydrogens (tertiary/aromatic N) is 3. The molecule has 7 heteroatoms. The van der Waals surface area contributed by atoms with E-state index in [1.807, 2.05) is 17.8 Å². The van der Waals surface area contributed by atoms with Gasteiger partial charge in [0.15, 0.2) is 0 Å². The van der Waals surface area contributed by atoms with Crippen LogP contribution < -0.4 is 5.32 Å². The normalized spacial score (nSPS) is 18.0. The van der Waals surface area contributed by atoms with Crippen LogP contribution in [0.4, 0.5) is 0 Å². The molecule has 3 rings (SSSR count). The number of amides is 1. The molecule has 0 spiro atoms. The highest BCUT2D eigenvalue weighted by atomic mass is 16.5. The van der Waals surface area contributed by atoms with Gasteiger partial charge in [0.2, 0.25) is 0 Å². The molecule has 7 nitrogen and oxygen atoms in total. The van der Waals surface area contributed by atoms with Gasteiger partial charge in [0.05, 0.1) is 36.8 Å². The first-order chi connectivity index (χ1) is 10.2. The molecule has 21 heavy (non-hydrogen) atoms. The molecule has 0 unspecified atom stereocenters. The van der Waals surface area contributed by atoms with Gasteiger partial charge in [-0.3, -0.25) is 14.6 Å². The van der Waals surface area contributed by atoms with Gasteiger partial charge in [0, 0.05) is 25.3 Å². The zero-order valence-electron chi connectivity index (χ0n) is 12.0. The van der Waals surface area contributed by atoms with Crippen LogP contribution in [0.15, 0.2) is 18.6 Å². The first-order valence-corrected chi connectivity index (χ1v) is 7.12. The lowest BCUT2D eigenvalue weighted by Gasteiger charge is -2.09. The number of aromatic amines is 1. The summed E-state index contributed by atoms with van der Waals surface area (Å²) in [6.45, 7) is 4.56. The molecule has 2 N–H and O–H groups in total. The van der Waals surface area contributed by atoms with Crippen molar-refractivity contribution in [1.29, 1.82) is 0 Å². The van der Waals surface area contributed by atoms with Gasteiger partial charge in [0.25, 0.3) is 5.91 Å². The van der Waals surface area contributed by atoms with Gasteiger partial charge in [-0.2, -0.15) is 10.2 Å². The molecular weight excluding hydrogens is 270 g/mol. The average molecular weight is 289 g/mol. The molecule has 2 aromatic heterocycles. The monoisotopic (exact) mass is 289 g/mol. The van der Waals surface area contributed by atoms with Crippen LogP contribution in [0.25, 0.3) is 0 Å². The van der Waals surface area contributed by atoms with Gasteiger partial charge in [0.1, 0.15) is 0 Å². The molecular formula is C14H19N5O2. The van der Waals surface area contributed by atoms with E-state index in [9.17, 15) is 4.79 Å². The Kier molecular flexibility index (Phi) is 4.01. The standard InChI is InChI=1S/C14H19N5O2/c1-10-6-17-19(8-10)4-3-15-14(20)12-7-16-18-13(12)11-2-5-21-9-11/h6-8,11H,2-5,9H2,1H3,(H,15,20)(H,16,18)/t11-/m1/s1. The fourth-order valence-electron chi connectivity index (χ4n) is 2.52. The number of carbonyl (C=O) groups is 1. The molecule has 0 bridgehead atoms. The van der Waals surface area contributed by atoms with Crippen molar-refractivity contribution in [2.45, 2.75) is 25.8 Å². The maximum absolute atomic E-state index is 12.2. The lowest BCUT2D eigenvalue weighted by atomic mass is 10.0. The van der Waals surface area contributed by atoms with Crippen LogP contribution >= 0.6 is 0 Å². The zero-order chi connectivity index (χ0) is 14.7. The number of hydrogen-bond donors (Lipinski definition) is 2. The number of hydrogen-bond acceptors (Lipinski definition) is 4. The molecule has 1 amide bonds. The van der Waals surface area contributed by atoms with E-state index < -0.39 is 0 Å². The van der Waals surface area contributed by atoms with Crippen LogP contribution in [0, 0.1) is 6.92 Å². The van der Waals surface area contributed by atoms with Gasteiger partial charge >= 0.3 is 0 Å². The third kappa shape index (κ3) is 3.13. The Hall–Kier alpha value is -2.15. The Labute approximate surface area is 122 Å². The first-order valence-electron chi connectivity index (χ1n) is 7.12. The molecule has 112 valence electrons. The van der Waals surface area contributed by atoms with Crippen molar-refractivity contribution < 1.29 is 9.53 Å². The highest BCUT2D eigenvalue weighted by Crippen LogP contribution is 2.25. The van der Waals surface area contributed by atoms with Crippen LogP contribution in [0.3, 0.4) is 0 Å². The van der Waals surface area contributed by atoms with Crippen LogP contribution in [-0.2, 0) is 11.3 Å². The number of ether oxygens (including phenoxy) is 1. The second-order valence-corrected chi connectivity index (χ2v) is 5.29. The smallest absolute Gasteiger partial charge is 0.254 e. The lowest BCUT2D eigenvalue weighted by Crippen LogP contribution is -2.28. The van der Waals surface area contributed by atoms with Crippen LogP contribution in [0.1, 0.15) is 34.0 Å². The summed E-state index contributed by atoms with van der Waals surface area (Å²) in [7, 11) is 0. The number of carbonyl (C=O) groups excluding carboxylic acids is 1. The van der Waals surface area contributed by atoms with Crippen molar-refractivity contribution in [2.24, 2.45) is 0 Å². The molecule has 3 heterocycles. The highest BCUT2D eigenvalue weighted by Gasteiger charge is 2.24. The summed E-state index contributed by atoms with van der Waals surface area (Å²) in [6, 6.07) is 0. The number of aromatic nitrogens is 4. The lowest BCUT2D eigenvalue weighted by molar-refractivity contribution is 0.0950. The summed E-state index contributed by atoms with van der Waals surface area (Å²) in [6.07, 6.45) is 6.26. The Bertz CT molecular complexity index is 612. The third-order valence-corrected chi connectivity index (χ3v) is 3.64. The van der Waals surface area contributed by atoms with Crippen molar-refractivity contribution >= 4 is 5.91 Å². The van der Waals surface area contributed by atoms with Gasteiger partial charge in [-0.1, -0.05) is 0 Å². The number of H-pyrrole nitrogens is 1. The maximum atomic E-state index is 12.2. The predicted octanol–water partition coefficient (Wildman–Crippen LogP) is 0.849. The summed E-state index contributed by atoms with van der Waals surface area (Å²) in [5, 5.41) is 14.0. The van der Waals surface area contributed by atoms with Gasteiger partial charge in [-0.15, -0.1) is 0 Å². The fourth-order valence-corrected chi connectivity index (χ4v) is 2.52. The first kappa shape index (κ1) is 13.8.